The molecule has 20 heavy (non-hydrogen) atoms. The summed E-state index contributed by atoms with van der Waals surface area (Å²) in [5.41, 5.74) is 2.55. The molecule has 2 heterocycles. The summed E-state index contributed by atoms with van der Waals surface area (Å²) >= 11 is 0. The van der Waals surface area contributed by atoms with Gasteiger partial charge in [0.05, 0.1) is 12.2 Å². The standard InChI is InChI=1S/C14H16N4O2/c19-13-11-6-7-18(9-12(11)16-17-13)14(20)15-8-10-4-2-1-3-5-10/h1-5H,6-9H2,(H,15,20)(H2,16,17,19). The van der Waals surface area contributed by atoms with Crippen molar-refractivity contribution in [3.05, 3.63) is 57.5 Å². The number of fused-ring (bicyclic) bond motifs is 1. The first-order chi connectivity index (χ1) is 9.74. The fourth-order valence-electron chi connectivity index (χ4n) is 2.39. The molecule has 6 nitrogen and oxygen atoms in total. The Morgan fingerprint density at radius 1 is 1.25 bits per heavy atom. The first kappa shape index (κ1) is 12.5. The van der Waals surface area contributed by atoms with Crippen molar-refractivity contribution in [1.29, 1.82) is 0 Å². The van der Waals surface area contributed by atoms with Gasteiger partial charge in [0.25, 0.3) is 5.56 Å². The zero-order valence-corrected chi connectivity index (χ0v) is 11.0. The lowest BCUT2D eigenvalue weighted by Gasteiger charge is -2.26. The Hall–Kier alpha value is -2.50. The molecule has 0 saturated carbocycles. The number of rotatable bonds is 2. The molecular weight excluding hydrogens is 256 g/mol. The molecule has 2 aromatic rings. The molecule has 1 aliphatic heterocycles. The molecular formula is C14H16N4O2. The normalized spacial score (nSPS) is 13.9. The number of nitrogens with zero attached hydrogens (tertiary/aromatic N) is 1. The summed E-state index contributed by atoms with van der Waals surface area (Å²) in [6.07, 6.45) is 0.590. The van der Waals surface area contributed by atoms with E-state index < -0.39 is 0 Å². The zero-order valence-electron chi connectivity index (χ0n) is 11.0. The molecule has 1 aromatic heterocycles. The molecule has 0 unspecified atom stereocenters. The van der Waals surface area contributed by atoms with Crippen molar-refractivity contribution in [1.82, 2.24) is 20.4 Å². The molecule has 0 atom stereocenters. The summed E-state index contributed by atoms with van der Waals surface area (Å²) < 4.78 is 0. The molecule has 0 radical (unpaired) electrons. The second-order valence-electron chi connectivity index (χ2n) is 4.85. The van der Waals surface area contributed by atoms with Crippen molar-refractivity contribution in [3.8, 4) is 0 Å². The number of aromatic nitrogens is 2. The number of H-pyrrole nitrogens is 2. The van der Waals surface area contributed by atoms with Crippen LogP contribution in [0.2, 0.25) is 0 Å². The number of aromatic amines is 2. The van der Waals surface area contributed by atoms with Crippen molar-refractivity contribution in [2.45, 2.75) is 19.5 Å². The second-order valence-corrected chi connectivity index (χ2v) is 4.85. The minimum atomic E-state index is -0.110. The first-order valence-corrected chi connectivity index (χ1v) is 6.59. The topological polar surface area (TPSA) is 81.0 Å². The number of benzene rings is 1. The Morgan fingerprint density at radius 3 is 2.85 bits per heavy atom. The van der Waals surface area contributed by atoms with E-state index in [1.807, 2.05) is 30.3 Å². The summed E-state index contributed by atoms with van der Waals surface area (Å²) in [7, 11) is 0. The van der Waals surface area contributed by atoms with Crippen LogP contribution in [0.25, 0.3) is 0 Å². The molecule has 6 heteroatoms. The van der Waals surface area contributed by atoms with Crippen molar-refractivity contribution in [2.24, 2.45) is 0 Å². The number of urea groups is 1. The summed E-state index contributed by atoms with van der Waals surface area (Å²) in [5.74, 6) is 0. The highest BCUT2D eigenvalue weighted by Gasteiger charge is 2.23. The van der Waals surface area contributed by atoms with Gasteiger partial charge in [-0.15, -0.1) is 0 Å². The van der Waals surface area contributed by atoms with E-state index >= 15 is 0 Å². The van der Waals surface area contributed by atoms with Crippen molar-refractivity contribution in [2.75, 3.05) is 6.54 Å². The van der Waals surface area contributed by atoms with Crippen LogP contribution in [0, 0.1) is 0 Å². The zero-order chi connectivity index (χ0) is 13.9. The first-order valence-electron chi connectivity index (χ1n) is 6.59. The highest BCUT2D eigenvalue weighted by atomic mass is 16.2. The van der Waals surface area contributed by atoms with Gasteiger partial charge in [0.2, 0.25) is 0 Å². The van der Waals surface area contributed by atoms with E-state index in [-0.39, 0.29) is 11.6 Å². The average Bonchev–Trinajstić information content (AvgIpc) is 2.87. The average molecular weight is 272 g/mol. The minimum Gasteiger partial charge on any atom is -0.334 e. The maximum absolute atomic E-state index is 12.1. The number of nitrogens with one attached hydrogen (secondary N) is 3. The molecule has 3 N–H and O–H groups in total. The van der Waals surface area contributed by atoms with E-state index in [2.05, 4.69) is 15.5 Å². The van der Waals surface area contributed by atoms with Gasteiger partial charge < -0.3 is 15.3 Å². The SMILES string of the molecule is O=C(NCc1ccccc1)N1CCc2c([nH][nH]c2=O)C1. The number of carbonyl (C=O) groups is 1. The van der Waals surface area contributed by atoms with E-state index in [0.29, 0.717) is 26.1 Å². The monoisotopic (exact) mass is 272 g/mol. The van der Waals surface area contributed by atoms with Gasteiger partial charge in [0.1, 0.15) is 0 Å². The molecule has 3 rings (SSSR count). The molecule has 0 saturated heterocycles. The fourth-order valence-corrected chi connectivity index (χ4v) is 2.39. The predicted octanol–water partition coefficient (Wildman–Crippen LogP) is 0.971. The molecule has 0 aliphatic carbocycles. The van der Waals surface area contributed by atoms with Crippen molar-refractivity contribution < 1.29 is 4.79 Å². The number of hydrogen-bond acceptors (Lipinski definition) is 2. The van der Waals surface area contributed by atoms with E-state index in [1.165, 1.54) is 0 Å². The largest absolute Gasteiger partial charge is 0.334 e. The van der Waals surface area contributed by atoms with Crippen molar-refractivity contribution >= 4 is 6.03 Å². The smallest absolute Gasteiger partial charge is 0.318 e. The van der Waals surface area contributed by atoms with Gasteiger partial charge in [-0.05, 0) is 12.0 Å². The lowest BCUT2D eigenvalue weighted by molar-refractivity contribution is 0.191. The molecule has 0 bridgehead atoms. The van der Waals surface area contributed by atoms with Crippen LogP contribution in [-0.2, 0) is 19.5 Å². The van der Waals surface area contributed by atoms with E-state index in [4.69, 9.17) is 0 Å². The number of carbonyl (C=O) groups excluding carboxylic acids is 1. The predicted molar refractivity (Wildman–Crippen MR) is 74.2 cm³/mol. The van der Waals surface area contributed by atoms with Gasteiger partial charge in [-0.2, -0.15) is 0 Å². The van der Waals surface area contributed by atoms with Gasteiger partial charge in [0.15, 0.2) is 0 Å². The molecule has 0 fully saturated rings. The van der Waals surface area contributed by atoms with E-state index in [1.54, 1.807) is 4.90 Å². The Balaban J connectivity index is 1.60. The Morgan fingerprint density at radius 2 is 2.05 bits per heavy atom. The summed E-state index contributed by atoms with van der Waals surface area (Å²) in [5, 5.41) is 8.27. The lowest BCUT2D eigenvalue weighted by Crippen LogP contribution is -2.43. The molecule has 1 aliphatic rings. The molecule has 2 amide bonds. The summed E-state index contributed by atoms with van der Waals surface area (Å²) in [6.45, 7) is 1.51. The summed E-state index contributed by atoms with van der Waals surface area (Å²) in [6, 6.07) is 9.66. The third-order valence-corrected chi connectivity index (χ3v) is 3.52. The van der Waals surface area contributed by atoms with Crippen LogP contribution in [0.15, 0.2) is 35.1 Å². The van der Waals surface area contributed by atoms with E-state index in [0.717, 1.165) is 16.8 Å². The third kappa shape index (κ3) is 2.45. The van der Waals surface area contributed by atoms with Crippen LogP contribution in [0.5, 0.6) is 0 Å². The van der Waals surface area contributed by atoms with Crippen LogP contribution in [0.3, 0.4) is 0 Å². The van der Waals surface area contributed by atoms with Gasteiger partial charge in [-0.3, -0.25) is 9.89 Å². The van der Waals surface area contributed by atoms with Crippen LogP contribution in [0.1, 0.15) is 16.8 Å². The van der Waals surface area contributed by atoms with Crippen LogP contribution in [-0.4, -0.2) is 27.7 Å². The number of hydrogen-bond donors (Lipinski definition) is 3. The summed E-state index contributed by atoms with van der Waals surface area (Å²) in [4.78, 5) is 25.2. The Kier molecular flexibility index (Phi) is 3.28. The second kappa shape index (κ2) is 5.24. The van der Waals surface area contributed by atoms with Crippen LogP contribution < -0.4 is 10.9 Å². The number of amides is 2. The Labute approximate surface area is 115 Å². The van der Waals surface area contributed by atoms with Crippen LogP contribution in [0.4, 0.5) is 4.79 Å². The van der Waals surface area contributed by atoms with E-state index in [9.17, 15) is 9.59 Å². The maximum Gasteiger partial charge on any atom is 0.318 e. The Bertz CT molecular complexity index is 659. The minimum absolute atomic E-state index is 0.0793. The quantitative estimate of drug-likeness (QED) is 0.761. The molecule has 104 valence electrons. The van der Waals surface area contributed by atoms with Crippen molar-refractivity contribution in [3.63, 3.8) is 0 Å². The lowest BCUT2D eigenvalue weighted by atomic mass is 10.1. The van der Waals surface area contributed by atoms with Crippen LogP contribution >= 0.6 is 0 Å². The third-order valence-electron chi connectivity index (χ3n) is 3.52. The highest BCUT2D eigenvalue weighted by Crippen LogP contribution is 2.13. The van der Waals surface area contributed by atoms with Gasteiger partial charge in [-0.1, -0.05) is 30.3 Å². The molecule has 1 aromatic carbocycles. The highest BCUT2D eigenvalue weighted by molar-refractivity contribution is 5.74. The maximum atomic E-state index is 12.1. The fraction of sp³-hybridized carbons (Fsp3) is 0.286. The van der Waals surface area contributed by atoms with Gasteiger partial charge in [-0.25, -0.2) is 4.79 Å². The van der Waals surface area contributed by atoms with Gasteiger partial charge in [0, 0.05) is 18.7 Å². The molecule has 0 spiro atoms. The van der Waals surface area contributed by atoms with Gasteiger partial charge >= 0.3 is 6.03 Å².